The second kappa shape index (κ2) is 7.92. The Kier molecular flexibility index (Phi) is 6.20. The summed E-state index contributed by atoms with van der Waals surface area (Å²) >= 11 is 0. The summed E-state index contributed by atoms with van der Waals surface area (Å²) in [6.45, 7) is -0.0712. The van der Waals surface area contributed by atoms with Crippen LogP contribution in [0.5, 0.6) is 0 Å². The van der Waals surface area contributed by atoms with Gasteiger partial charge in [-0.1, -0.05) is 18.1 Å². The van der Waals surface area contributed by atoms with Crippen molar-refractivity contribution in [1.82, 2.24) is 10.2 Å². The first-order valence-corrected chi connectivity index (χ1v) is 5.90. The Morgan fingerprint density at radius 2 is 1.95 bits per heavy atom. The van der Waals surface area contributed by atoms with E-state index in [0.717, 1.165) is 5.56 Å². The zero-order valence-corrected chi connectivity index (χ0v) is 10.8. The highest BCUT2D eigenvalue weighted by Crippen LogP contribution is 2.02. The molecular formula is C14H15FN2O3. The van der Waals surface area contributed by atoms with E-state index in [1.807, 2.05) is 0 Å². The number of nitrogens with one attached hydrogen (secondary N) is 1. The number of carbonyl (C=O) groups excluding carboxylic acids is 1. The highest BCUT2D eigenvalue weighted by molar-refractivity contribution is 5.79. The van der Waals surface area contributed by atoms with Crippen LogP contribution in [0.1, 0.15) is 5.56 Å². The number of hydrogen-bond donors (Lipinski definition) is 2. The molecule has 0 saturated carbocycles. The van der Waals surface area contributed by atoms with E-state index in [4.69, 9.17) is 11.5 Å². The number of aliphatic carboxylic acids is 1. The monoisotopic (exact) mass is 278 g/mol. The minimum atomic E-state index is -1.05. The number of benzene rings is 1. The first-order valence-electron chi connectivity index (χ1n) is 5.90. The fraction of sp³-hybridized carbons (Fsp3) is 0.286. The molecule has 0 aliphatic heterocycles. The summed E-state index contributed by atoms with van der Waals surface area (Å²) in [6.07, 6.45) is 5.11. The molecule has 1 aromatic rings. The second-order valence-electron chi connectivity index (χ2n) is 4.15. The van der Waals surface area contributed by atoms with Crippen molar-refractivity contribution in [2.24, 2.45) is 0 Å². The van der Waals surface area contributed by atoms with Crippen LogP contribution in [0, 0.1) is 18.2 Å². The van der Waals surface area contributed by atoms with Crippen LogP contribution in [0.25, 0.3) is 0 Å². The van der Waals surface area contributed by atoms with Gasteiger partial charge in [0.2, 0.25) is 5.91 Å². The number of carboxylic acid groups (broad SMARTS) is 1. The van der Waals surface area contributed by atoms with Crippen molar-refractivity contribution in [2.75, 3.05) is 19.6 Å². The Morgan fingerprint density at radius 1 is 1.30 bits per heavy atom. The molecule has 0 bridgehead atoms. The molecule has 0 aromatic heterocycles. The van der Waals surface area contributed by atoms with Gasteiger partial charge in [0.15, 0.2) is 0 Å². The number of hydrogen-bond acceptors (Lipinski definition) is 3. The van der Waals surface area contributed by atoms with E-state index in [1.54, 1.807) is 12.1 Å². The SMILES string of the molecule is C#CCN(CC(=O)O)CC(=O)NCc1ccc(F)cc1. The lowest BCUT2D eigenvalue weighted by Crippen LogP contribution is -2.39. The zero-order valence-electron chi connectivity index (χ0n) is 10.8. The fourth-order valence-corrected chi connectivity index (χ4v) is 1.55. The van der Waals surface area contributed by atoms with Crippen LogP contribution in [0.4, 0.5) is 4.39 Å². The normalized spacial score (nSPS) is 10.1. The van der Waals surface area contributed by atoms with Gasteiger partial charge in [-0.15, -0.1) is 6.42 Å². The molecule has 0 unspecified atom stereocenters. The molecule has 0 fully saturated rings. The maximum absolute atomic E-state index is 12.7. The lowest BCUT2D eigenvalue weighted by atomic mass is 10.2. The quantitative estimate of drug-likeness (QED) is 0.711. The van der Waals surface area contributed by atoms with E-state index in [0.29, 0.717) is 0 Å². The van der Waals surface area contributed by atoms with Crippen LogP contribution in [0.3, 0.4) is 0 Å². The van der Waals surface area contributed by atoms with Gasteiger partial charge < -0.3 is 10.4 Å². The summed E-state index contributed by atoms with van der Waals surface area (Å²) in [5, 5.41) is 11.3. The molecule has 0 aliphatic rings. The first-order chi connectivity index (χ1) is 9.51. The number of nitrogens with zero attached hydrogens (tertiary/aromatic N) is 1. The minimum Gasteiger partial charge on any atom is -0.480 e. The topological polar surface area (TPSA) is 69.6 Å². The molecule has 106 valence electrons. The summed E-state index contributed by atoms with van der Waals surface area (Å²) in [5.41, 5.74) is 0.751. The van der Waals surface area contributed by atoms with Crippen LogP contribution < -0.4 is 5.32 Å². The molecule has 0 heterocycles. The van der Waals surface area contributed by atoms with E-state index < -0.39 is 5.97 Å². The van der Waals surface area contributed by atoms with Crippen LogP contribution in [0.2, 0.25) is 0 Å². The van der Waals surface area contributed by atoms with Gasteiger partial charge in [-0.3, -0.25) is 14.5 Å². The average molecular weight is 278 g/mol. The number of terminal acetylenes is 1. The predicted octanol–water partition coefficient (Wildman–Crippen LogP) is 0.462. The van der Waals surface area contributed by atoms with Gasteiger partial charge in [0, 0.05) is 6.54 Å². The van der Waals surface area contributed by atoms with Gasteiger partial charge in [0.05, 0.1) is 19.6 Å². The summed E-state index contributed by atoms with van der Waals surface area (Å²) in [4.78, 5) is 23.6. The lowest BCUT2D eigenvalue weighted by molar-refractivity contribution is -0.138. The van der Waals surface area contributed by atoms with Gasteiger partial charge in [-0.2, -0.15) is 0 Å². The van der Waals surface area contributed by atoms with E-state index in [2.05, 4.69) is 11.2 Å². The second-order valence-corrected chi connectivity index (χ2v) is 4.15. The molecule has 1 rings (SSSR count). The molecule has 1 aromatic carbocycles. The molecule has 1 amide bonds. The predicted molar refractivity (Wildman–Crippen MR) is 71.2 cm³/mol. The van der Waals surface area contributed by atoms with Crippen LogP contribution in [0.15, 0.2) is 24.3 Å². The molecule has 0 saturated heterocycles. The van der Waals surface area contributed by atoms with E-state index in [1.165, 1.54) is 17.0 Å². The van der Waals surface area contributed by atoms with E-state index in [-0.39, 0.29) is 37.9 Å². The maximum atomic E-state index is 12.7. The Labute approximate surface area is 116 Å². The number of carboxylic acids is 1. The van der Waals surface area contributed by atoms with Crippen LogP contribution >= 0.6 is 0 Å². The van der Waals surface area contributed by atoms with Crippen molar-refractivity contribution in [3.63, 3.8) is 0 Å². The van der Waals surface area contributed by atoms with Crippen molar-refractivity contribution < 1.29 is 19.1 Å². The number of halogens is 1. The summed E-state index contributed by atoms with van der Waals surface area (Å²) in [7, 11) is 0. The Bertz CT molecular complexity index is 508. The summed E-state index contributed by atoms with van der Waals surface area (Å²) in [6, 6.07) is 5.73. The van der Waals surface area contributed by atoms with Crippen molar-refractivity contribution >= 4 is 11.9 Å². The molecule has 0 atom stereocenters. The molecule has 5 nitrogen and oxygen atoms in total. The summed E-state index contributed by atoms with van der Waals surface area (Å²) in [5.74, 6) is 0.563. The summed E-state index contributed by atoms with van der Waals surface area (Å²) < 4.78 is 12.7. The van der Waals surface area contributed by atoms with Gasteiger partial charge in [0.25, 0.3) is 0 Å². The highest BCUT2D eigenvalue weighted by atomic mass is 19.1. The average Bonchev–Trinajstić information content (AvgIpc) is 2.37. The van der Waals surface area contributed by atoms with Crippen molar-refractivity contribution in [1.29, 1.82) is 0 Å². The van der Waals surface area contributed by atoms with Gasteiger partial charge in [0.1, 0.15) is 5.82 Å². The standard InChI is InChI=1S/C14H15FN2O3/c1-2-7-17(10-14(19)20)9-13(18)16-8-11-3-5-12(15)6-4-11/h1,3-6H,7-10H2,(H,16,18)(H,19,20). The number of carbonyl (C=O) groups is 2. The van der Waals surface area contributed by atoms with Crippen LogP contribution in [-0.4, -0.2) is 41.5 Å². The molecule has 0 aliphatic carbocycles. The van der Waals surface area contributed by atoms with E-state index >= 15 is 0 Å². The number of amides is 1. The molecule has 0 spiro atoms. The third-order valence-corrected chi connectivity index (χ3v) is 2.44. The highest BCUT2D eigenvalue weighted by Gasteiger charge is 2.12. The lowest BCUT2D eigenvalue weighted by Gasteiger charge is -2.16. The molecule has 0 radical (unpaired) electrons. The smallest absolute Gasteiger partial charge is 0.317 e. The largest absolute Gasteiger partial charge is 0.480 e. The van der Waals surface area contributed by atoms with Gasteiger partial charge in [-0.25, -0.2) is 4.39 Å². The Hall–Kier alpha value is -2.39. The van der Waals surface area contributed by atoms with E-state index in [9.17, 15) is 14.0 Å². The van der Waals surface area contributed by atoms with Crippen molar-refractivity contribution in [3.05, 3.63) is 35.6 Å². The molecule has 6 heteroatoms. The molecular weight excluding hydrogens is 263 g/mol. The fourth-order valence-electron chi connectivity index (χ4n) is 1.55. The number of rotatable bonds is 7. The zero-order chi connectivity index (χ0) is 15.0. The third-order valence-electron chi connectivity index (χ3n) is 2.44. The van der Waals surface area contributed by atoms with Gasteiger partial charge in [-0.05, 0) is 17.7 Å². The van der Waals surface area contributed by atoms with Crippen molar-refractivity contribution in [2.45, 2.75) is 6.54 Å². The maximum Gasteiger partial charge on any atom is 0.317 e. The van der Waals surface area contributed by atoms with Gasteiger partial charge >= 0.3 is 5.97 Å². The minimum absolute atomic E-state index is 0.0796. The Balaban J connectivity index is 2.43. The third kappa shape index (κ3) is 5.98. The van der Waals surface area contributed by atoms with Crippen molar-refractivity contribution in [3.8, 4) is 12.3 Å². The first kappa shape index (κ1) is 15.7. The van der Waals surface area contributed by atoms with Crippen LogP contribution in [-0.2, 0) is 16.1 Å². The Morgan fingerprint density at radius 3 is 2.50 bits per heavy atom. The molecule has 2 N–H and O–H groups in total. The molecule has 20 heavy (non-hydrogen) atoms.